The topological polar surface area (TPSA) is 75.9 Å². The summed E-state index contributed by atoms with van der Waals surface area (Å²) >= 11 is 5.14. The summed E-state index contributed by atoms with van der Waals surface area (Å²) in [6, 6.07) is 9.92. The van der Waals surface area contributed by atoms with Crippen LogP contribution >= 0.6 is 27.3 Å². The van der Waals surface area contributed by atoms with E-state index in [4.69, 9.17) is 5.84 Å². The van der Waals surface area contributed by atoms with Crippen molar-refractivity contribution in [2.75, 3.05) is 10.7 Å². The van der Waals surface area contributed by atoms with Gasteiger partial charge < -0.3 is 5.32 Å². The summed E-state index contributed by atoms with van der Waals surface area (Å²) in [5.41, 5.74) is 3.35. The molecular weight excluding hydrogens is 338 g/mol. The lowest BCUT2D eigenvalue weighted by atomic mass is 10.2. The van der Waals surface area contributed by atoms with Gasteiger partial charge >= 0.3 is 0 Å². The second-order valence-electron chi connectivity index (χ2n) is 4.14. The minimum Gasteiger partial charge on any atom is -0.364 e. The largest absolute Gasteiger partial charge is 0.364 e. The molecule has 1 aromatic carbocycles. The van der Waals surface area contributed by atoms with Crippen LogP contribution in [-0.2, 0) is 6.54 Å². The highest BCUT2D eigenvalue weighted by Gasteiger charge is 2.07. The summed E-state index contributed by atoms with van der Waals surface area (Å²) in [6.07, 6.45) is 0. The predicted molar refractivity (Wildman–Crippen MR) is 86.7 cm³/mol. The van der Waals surface area contributed by atoms with Crippen LogP contribution < -0.4 is 16.6 Å². The third kappa shape index (κ3) is 2.74. The Hall–Kier alpha value is -1.70. The van der Waals surface area contributed by atoms with E-state index in [2.05, 4.69) is 48.1 Å². The van der Waals surface area contributed by atoms with Gasteiger partial charge in [-0.1, -0.05) is 12.1 Å². The Morgan fingerprint density at radius 3 is 2.85 bits per heavy atom. The third-order valence-electron chi connectivity index (χ3n) is 2.78. The number of anilines is 2. The van der Waals surface area contributed by atoms with Crippen molar-refractivity contribution in [3.63, 3.8) is 0 Å². The van der Waals surface area contributed by atoms with Crippen molar-refractivity contribution in [3.8, 4) is 0 Å². The number of nitrogens with one attached hydrogen (secondary N) is 2. The average Bonchev–Trinajstić information content (AvgIpc) is 2.90. The lowest BCUT2D eigenvalue weighted by molar-refractivity contribution is 1.10. The molecule has 0 amide bonds. The quantitative estimate of drug-likeness (QED) is 0.497. The molecule has 0 aliphatic heterocycles. The average molecular weight is 350 g/mol. The Morgan fingerprint density at radius 1 is 1.25 bits per heavy atom. The van der Waals surface area contributed by atoms with Crippen molar-refractivity contribution in [1.29, 1.82) is 0 Å². The number of nitrogens with two attached hydrogens (primary N) is 1. The molecule has 3 rings (SSSR count). The van der Waals surface area contributed by atoms with E-state index in [1.54, 1.807) is 11.3 Å². The van der Waals surface area contributed by atoms with Gasteiger partial charge in [-0.15, -0.1) is 11.3 Å². The number of halogens is 1. The maximum atomic E-state index is 5.41. The molecule has 102 valence electrons. The predicted octanol–water partition coefficient (Wildman–Crippen LogP) is 3.35. The molecule has 0 atom stereocenters. The fraction of sp³-hybridized carbons (Fsp3) is 0.0769. The van der Waals surface area contributed by atoms with Crippen LogP contribution in [0.1, 0.15) is 4.88 Å². The standard InChI is InChI=1S/C13H12BrN5S/c14-8-5-9(20-7-8)6-16-12-10-3-1-2-4-11(10)17-13(18-12)19-15/h1-5,7H,6,15H2,(H2,16,17,18,19). The highest BCUT2D eigenvalue weighted by molar-refractivity contribution is 9.10. The Balaban J connectivity index is 1.93. The van der Waals surface area contributed by atoms with Crippen molar-refractivity contribution in [1.82, 2.24) is 9.97 Å². The van der Waals surface area contributed by atoms with E-state index in [1.807, 2.05) is 24.3 Å². The van der Waals surface area contributed by atoms with Gasteiger partial charge in [0.25, 0.3) is 0 Å². The normalized spacial score (nSPS) is 10.7. The summed E-state index contributed by atoms with van der Waals surface area (Å²) in [6.45, 7) is 0.710. The fourth-order valence-corrected chi connectivity index (χ4v) is 3.28. The van der Waals surface area contributed by atoms with Crippen molar-refractivity contribution in [2.24, 2.45) is 5.84 Å². The molecular formula is C13H12BrN5S. The molecule has 5 nitrogen and oxygen atoms in total. The molecule has 0 bridgehead atoms. The van der Waals surface area contributed by atoms with E-state index in [-0.39, 0.29) is 0 Å². The molecule has 20 heavy (non-hydrogen) atoms. The molecule has 0 unspecified atom stereocenters. The Kier molecular flexibility index (Phi) is 3.81. The van der Waals surface area contributed by atoms with E-state index in [1.165, 1.54) is 4.88 Å². The number of hydrazine groups is 1. The molecule has 0 saturated carbocycles. The summed E-state index contributed by atoms with van der Waals surface area (Å²) in [4.78, 5) is 9.92. The zero-order valence-corrected chi connectivity index (χ0v) is 12.8. The molecule has 0 fully saturated rings. The Labute approximate surface area is 128 Å². The molecule has 2 aromatic heterocycles. The lowest BCUT2D eigenvalue weighted by Gasteiger charge is -2.09. The Morgan fingerprint density at radius 2 is 2.10 bits per heavy atom. The number of para-hydroxylation sites is 1. The van der Waals surface area contributed by atoms with Crippen LogP contribution in [0.4, 0.5) is 11.8 Å². The summed E-state index contributed by atoms with van der Waals surface area (Å²) in [5.74, 6) is 6.59. The number of nitrogen functional groups attached to an aromatic ring is 1. The number of thiophene rings is 1. The Bertz CT molecular complexity index is 742. The van der Waals surface area contributed by atoms with E-state index in [0.29, 0.717) is 12.5 Å². The molecule has 3 aromatic rings. The van der Waals surface area contributed by atoms with Gasteiger partial charge in [0, 0.05) is 20.1 Å². The molecule has 0 saturated heterocycles. The number of fused-ring (bicyclic) bond motifs is 1. The highest BCUT2D eigenvalue weighted by atomic mass is 79.9. The SMILES string of the molecule is NNc1nc(NCc2cc(Br)cs2)c2ccccc2n1. The van der Waals surface area contributed by atoms with Gasteiger partial charge in [-0.2, -0.15) is 4.98 Å². The molecule has 0 radical (unpaired) electrons. The van der Waals surface area contributed by atoms with Crippen LogP contribution in [0.3, 0.4) is 0 Å². The van der Waals surface area contributed by atoms with E-state index in [9.17, 15) is 0 Å². The van der Waals surface area contributed by atoms with Crippen LogP contribution in [0.5, 0.6) is 0 Å². The van der Waals surface area contributed by atoms with Gasteiger partial charge in [-0.25, -0.2) is 10.8 Å². The van der Waals surface area contributed by atoms with Gasteiger partial charge in [0.15, 0.2) is 0 Å². The van der Waals surface area contributed by atoms with Gasteiger partial charge in [-0.05, 0) is 34.1 Å². The van der Waals surface area contributed by atoms with Gasteiger partial charge in [0.05, 0.1) is 12.1 Å². The first-order valence-electron chi connectivity index (χ1n) is 5.96. The molecule has 4 N–H and O–H groups in total. The van der Waals surface area contributed by atoms with Crippen LogP contribution in [0.2, 0.25) is 0 Å². The van der Waals surface area contributed by atoms with Crippen molar-refractivity contribution in [2.45, 2.75) is 6.54 Å². The molecule has 0 aliphatic carbocycles. The van der Waals surface area contributed by atoms with Crippen molar-refractivity contribution in [3.05, 3.63) is 45.1 Å². The zero-order chi connectivity index (χ0) is 13.9. The second-order valence-corrected chi connectivity index (χ2v) is 6.05. The number of hydrogen-bond donors (Lipinski definition) is 3. The van der Waals surface area contributed by atoms with Gasteiger partial charge in [0.2, 0.25) is 5.95 Å². The van der Waals surface area contributed by atoms with Crippen molar-refractivity contribution >= 4 is 49.9 Å². The second kappa shape index (κ2) is 5.74. The van der Waals surface area contributed by atoms with Crippen molar-refractivity contribution < 1.29 is 0 Å². The summed E-state index contributed by atoms with van der Waals surface area (Å²) < 4.78 is 1.09. The summed E-state index contributed by atoms with van der Waals surface area (Å²) in [5, 5.41) is 6.37. The number of benzene rings is 1. The van der Waals surface area contributed by atoms with E-state index >= 15 is 0 Å². The minimum atomic E-state index is 0.401. The first-order valence-corrected chi connectivity index (χ1v) is 7.64. The van der Waals surface area contributed by atoms with Crippen LogP contribution in [0.25, 0.3) is 10.9 Å². The first-order chi connectivity index (χ1) is 9.76. The zero-order valence-electron chi connectivity index (χ0n) is 10.4. The van der Waals surface area contributed by atoms with E-state index in [0.717, 1.165) is 21.2 Å². The van der Waals surface area contributed by atoms with Crippen LogP contribution in [-0.4, -0.2) is 9.97 Å². The van der Waals surface area contributed by atoms with E-state index < -0.39 is 0 Å². The third-order valence-corrected chi connectivity index (χ3v) is 4.48. The van der Waals surface area contributed by atoms with Gasteiger partial charge in [-0.3, -0.25) is 5.43 Å². The molecule has 7 heteroatoms. The number of rotatable bonds is 4. The maximum absolute atomic E-state index is 5.41. The summed E-state index contributed by atoms with van der Waals surface area (Å²) in [7, 11) is 0. The molecule has 0 aliphatic rings. The first kappa shape index (κ1) is 13.3. The number of hydrogen-bond acceptors (Lipinski definition) is 6. The monoisotopic (exact) mass is 349 g/mol. The number of aromatic nitrogens is 2. The minimum absolute atomic E-state index is 0.401. The number of nitrogens with zero attached hydrogens (tertiary/aromatic N) is 2. The molecule has 2 heterocycles. The maximum Gasteiger partial charge on any atom is 0.239 e. The molecule has 0 spiro atoms. The van der Waals surface area contributed by atoms with Crippen LogP contribution in [0.15, 0.2) is 40.2 Å². The highest BCUT2D eigenvalue weighted by Crippen LogP contribution is 2.24. The fourth-order valence-electron chi connectivity index (χ4n) is 1.89. The smallest absolute Gasteiger partial charge is 0.239 e. The van der Waals surface area contributed by atoms with Gasteiger partial charge in [0.1, 0.15) is 5.82 Å². The lowest BCUT2D eigenvalue weighted by Crippen LogP contribution is -2.12. The van der Waals surface area contributed by atoms with Crippen LogP contribution in [0, 0.1) is 0 Å².